The predicted octanol–water partition coefficient (Wildman–Crippen LogP) is -0.0661. The van der Waals surface area contributed by atoms with Crippen LogP contribution in [0.1, 0.15) is 43.4 Å². The molecule has 0 aromatic carbocycles. The Morgan fingerprint density at radius 1 is 1.38 bits per heavy atom. The molecule has 132 valence electrons. The zero-order valence-electron chi connectivity index (χ0n) is 13.6. The molecule has 0 saturated carbocycles. The largest absolute Gasteiger partial charge is 0.368 e. The van der Waals surface area contributed by atoms with Crippen LogP contribution in [0.5, 0.6) is 0 Å². The topological polar surface area (TPSA) is 132 Å². The van der Waals surface area contributed by atoms with Gasteiger partial charge in [-0.2, -0.15) is 0 Å². The summed E-state index contributed by atoms with van der Waals surface area (Å²) in [5, 5.41) is 4.98. The lowest BCUT2D eigenvalue weighted by atomic mass is 9.77. The number of aryl methyl sites for hydroxylation is 1. The number of primary sulfonamides is 1. The molecule has 1 atom stereocenters. The summed E-state index contributed by atoms with van der Waals surface area (Å²) in [5.41, 5.74) is 7.71. The molecule has 2 heterocycles. The summed E-state index contributed by atoms with van der Waals surface area (Å²) in [4.78, 5) is 22.8. The quantitative estimate of drug-likeness (QED) is 0.779. The number of hydrogen-bond acceptors (Lipinski definition) is 6. The number of fused-ring (bicyclic) bond motifs is 2. The van der Waals surface area contributed by atoms with Crippen molar-refractivity contribution in [3.8, 4) is 0 Å². The van der Waals surface area contributed by atoms with Crippen LogP contribution in [0.15, 0.2) is 6.20 Å². The van der Waals surface area contributed by atoms with Crippen LogP contribution < -0.4 is 10.9 Å². The van der Waals surface area contributed by atoms with E-state index in [0.29, 0.717) is 13.1 Å². The first-order chi connectivity index (χ1) is 11.3. The molecule has 0 radical (unpaired) electrons. The summed E-state index contributed by atoms with van der Waals surface area (Å²) in [6.45, 7) is 1.32. The van der Waals surface area contributed by atoms with Gasteiger partial charge in [0, 0.05) is 31.1 Å². The second-order valence-electron chi connectivity index (χ2n) is 6.77. The highest BCUT2D eigenvalue weighted by molar-refractivity contribution is 7.89. The van der Waals surface area contributed by atoms with Gasteiger partial charge in [-0.3, -0.25) is 4.79 Å². The fraction of sp³-hybridized carbons (Fsp3) is 0.667. The Morgan fingerprint density at radius 2 is 2.17 bits per heavy atom. The van der Waals surface area contributed by atoms with E-state index < -0.39 is 10.0 Å². The Labute approximate surface area is 141 Å². The first kappa shape index (κ1) is 17.1. The van der Waals surface area contributed by atoms with Crippen molar-refractivity contribution in [1.29, 1.82) is 0 Å². The number of sulfonamides is 1. The summed E-state index contributed by atoms with van der Waals surface area (Å²) in [5.74, 6) is 0.0875. The fourth-order valence-electron chi connectivity index (χ4n) is 3.88. The molecule has 3 rings (SSSR count). The van der Waals surface area contributed by atoms with Gasteiger partial charge in [-0.1, -0.05) is 0 Å². The third-order valence-corrected chi connectivity index (χ3v) is 5.87. The van der Waals surface area contributed by atoms with E-state index in [9.17, 15) is 13.2 Å². The monoisotopic (exact) mass is 353 g/mol. The van der Waals surface area contributed by atoms with Crippen molar-refractivity contribution < 1.29 is 13.2 Å². The van der Waals surface area contributed by atoms with Crippen LogP contribution in [0.3, 0.4) is 0 Å². The van der Waals surface area contributed by atoms with E-state index in [4.69, 9.17) is 10.9 Å². The highest BCUT2D eigenvalue weighted by Gasteiger charge is 2.44. The third kappa shape index (κ3) is 3.51. The molecular formula is C15H23N5O3S. The number of hydrogen-bond donors (Lipinski definition) is 2. The maximum Gasteiger partial charge on any atom is 0.222 e. The number of aromatic nitrogens is 2. The standard InChI is InChI=1S/C15H23N5O3S/c16-14-18-9-11-4-6-15(13(11)19-14)5-2-7-20(10-15)12(21)3-1-8-24(17,22)23/h9H,1-8,10H2,(H2,16,18,19)(H2,17,22,23). The molecule has 1 aliphatic carbocycles. The average Bonchev–Trinajstić information content (AvgIpc) is 2.84. The van der Waals surface area contributed by atoms with Crippen LogP contribution in [0.2, 0.25) is 0 Å². The molecule has 9 heteroatoms. The Kier molecular flexibility index (Phi) is 4.48. The minimum absolute atomic E-state index is 0.0202. The molecule has 1 aromatic heterocycles. The predicted molar refractivity (Wildman–Crippen MR) is 89.5 cm³/mol. The molecule has 2 aliphatic rings. The molecular weight excluding hydrogens is 330 g/mol. The summed E-state index contributed by atoms with van der Waals surface area (Å²) >= 11 is 0. The molecule has 0 bridgehead atoms. The van der Waals surface area contributed by atoms with E-state index in [2.05, 4.69) is 9.97 Å². The number of rotatable bonds is 4. The van der Waals surface area contributed by atoms with Gasteiger partial charge in [0.15, 0.2) is 0 Å². The van der Waals surface area contributed by atoms with E-state index in [-0.39, 0.29) is 35.9 Å². The molecule has 4 N–H and O–H groups in total. The van der Waals surface area contributed by atoms with Crippen LogP contribution >= 0.6 is 0 Å². The molecule has 1 unspecified atom stereocenters. The number of nitrogen functional groups attached to an aromatic ring is 1. The molecule has 1 saturated heterocycles. The second kappa shape index (κ2) is 6.29. The van der Waals surface area contributed by atoms with E-state index in [1.54, 1.807) is 6.20 Å². The van der Waals surface area contributed by atoms with Gasteiger partial charge in [0.25, 0.3) is 0 Å². The number of amides is 1. The smallest absolute Gasteiger partial charge is 0.222 e. The van der Waals surface area contributed by atoms with Crippen molar-refractivity contribution in [2.24, 2.45) is 5.14 Å². The lowest BCUT2D eigenvalue weighted by Crippen LogP contribution is -2.48. The Bertz CT molecular complexity index is 747. The van der Waals surface area contributed by atoms with Crippen molar-refractivity contribution in [1.82, 2.24) is 14.9 Å². The van der Waals surface area contributed by atoms with E-state index in [1.807, 2.05) is 4.90 Å². The highest BCUT2D eigenvalue weighted by Crippen LogP contribution is 2.44. The lowest BCUT2D eigenvalue weighted by molar-refractivity contribution is -0.133. The molecule has 1 amide bonds. The zero-order valence-corrected chi connectivity index (χ0v) is 14.4. The number of anilines is 1. The van der Waals surface area contributed by atoms with Crippen molar-refractivity contribution >= 4 is 21.9 Å². The van der Waals surface area contributed by atoms with Gasteiger partial charge < -0.3 is 10.6 Å². The maximum atomic E-state index is 12.4. The average molecular weight is 353 g/mol. The molecule has 1 spiro atoms. The molecule has 8 nitrogen and oxygen atoms in total. The lowest BCUT2D eigenvalue weighted by Gasteiger charge is -2.40. The Morgan fingerprint density at radius 3 is 2.92 bits per heavy atom. The number of piperidine rings is 1. The first-order valence-electron chi connectivity index (χ1n) is 8.19. The van der Waals surface area contributed by atoms with Gasteiger partial charge >= 0.3 is 0 Å². The van der Waals surface area contributed by atoms with E-state index >= 15 is 0 Å². The highest BCUT2D eigenvalue weighted by atomic mass is 32.2. The normalized spacial score (nSPS) is 23.5. The Balaban J connectivity index is 1.70. The minimum Gasteiger partial charge on any atom is -0.368 e. The summed E-state index contributed by atoms with van der Waals surface area (Å²) < 4.78 is 22.0. The zero-order chi connectivity index (χ0) is 17.4. The van der Waals surface area contributed by atoms with Gasteiger partial charge in [0.05, 0.1) is 11.4 Å². The molecule has 24 heavy (non-hydrogen) atoms. The van der Waals surface area contributed by atoms with Crippen LogP contribution in [0, 0.1) is 0 Å². The van der Waals surface area contributed by atoms with Crippen LogP contribution in [-0.4, -0.2) is 48.0 Å². The molecule has 1 aliphatic heterocycles. The Hall–Kier alpha value is -1.74. The fourth-order valence-corrected chi connectivity index (χ4v) is 4.43. The van der Waals surface area contributed by atoms with E-state index in [1.165, 1.54) is 0 Å². The van der Waals surface area contributed by atoms with Crippen LogP contribution in [-0.2, 0) is 26.7 Å². The SMILES string of the molecule is Nc1ncc2c(n1)C1(CCCN(C(=O)CCCS(N)(=O)=O)C1)CC2. The first-order valence-corrected chi connectivity index (χ1v) is 9.91. The van der Waals surface area contributed by atoms with Gasteiger partial charge in [-0.05, 0) is 37.7 Å². The number of carbonyl (C=O) groups excluding carboxylic acids is 1. The van der Waals surface area contributed by atoms with Gasteiger partial charge in [0.2, 0.25) is 21.9 Å². The van der Waals surface area contributed by atoms with Gasteiger partial charge in [-0.15, -0.1) is 0 Å². The number of carbonyl (C=O) groups is 1. The molecule has 1 aromatic rings. The van der Waals surface area contributed by atoms with Crippen LogP contribution in [0.4, 0.5) is 5.95 Å². The van der Waals surface area contributed by atoms with Gasteiger partial charge in [0.1, 0.15) is 0 Å². The maximum absolute atomic E-state index is 12.4. The number of nitrogens with zero attached hydrogens (tertiary/aromatic N) is 3. The summed E-state index contributed by atoms with van der Waals surface area (Å²) in [6, 6.07) is 0. The molecule has 1 fully saturated rings. The van der Waals surface area contributed by atoms with E-state index in [0.717, 1.165) is 36.9 Å². The van der Waals surface area contributed by atoms with Crippen molar-refractivity contribution in [2.45, 2.75) is 43.9 Å². The number of likely N-dealkylation sites (tertiary alicyclic amines) is 1. The van der Waals surface area contributed by atoms with Crippen molar-refractivity contribution in [2.75, 3.05) is 24.6 Å². The summed E-state index contributed by atoms with van der Waals surface area (Å²) in [6.07, 6.45) is 5.99. The third-order valence-electron chi connectivity index (χ3n) is 5.01. The summed E-state index contributed by atoms with van der Waals surface area (Å²) in [7, 11) is -3.52. The van der Waals surface area contributed by atoms with Gasteiger partial charge in [-0.25, -0.2) is 23.5 Å². The van der Waals surface area contributed by atoms with Crippen LogP contribution in [0.25, 0.3) is 0 Å². The minimum atomic E-state index is -3.52. The number of nitrogens with two attached hydrogens (primary N) is 2. The van der Waals surface area contributed by atoms with Crippen molar-refractivity contribution in [3.63, 3.8) is 0 Å². The second-order valence-corrected chi connectivity index (χ2v) is 8.51. The van der Waals surface area contributed by atoms with Crippen molar-refractivity contribution in [3.05, 3.63) is 17.5 Å².